The topological polar surface area (TPSA) is 103 Å². The van der Waals surface area contributed by atoms with Crippen LogP contribution >= 0.6 is 0 Å². The summed E-state index contributed by atoms with van der Waals surface area (Å²) in [4.78, 5) is 37.4. The van der Waals surface area contributed by atoms with Crippen LogP contribution in [0, 0.1) is 6.92 Å². The van der Waals surface area contributed by atoms with Gasteiger partial charge >= 0.3 is 0 Å². The molecule has 8 nitrogen and oxygen atoms in total. The highest BCUT2D eigenvalue weighted by atomic mass is 16.5. The minimum absolute atomic E-state index is 0.00274. The number of hydrogen-bond donors (Lipinski definition) is 2. The van der Waals surface area contributed by atoms with E-state index >= 15 is 0 Å². The Hall–Kier alpha value is -4.07. The average molecular weight is 407 g/mol. The second-order valence-corrected chi connectivity index (χ2v) is 6.51. The van der Waals surface area contributed by atoms with Gasteiger partial charge in [-0.25, -0.2) is 4.68 Å². The van der Waals surface area contributed by atoms with Gasteiger partial charge in [0, 0.05) is 18.7 Å². The minimum Gasteiger partial charge on any atom is -0.507 e. The second kappa shape index (κ2) is 8.52. The quantitative estimate of drug-likeness (QED) is 0.371. The number of carbonyl (C=O) groups is 2. The van der Waals surface area contributed by atoms with Crippen molar-refractivity contribution in [3.63, 3.8) is 0 Å². The van der Waals surface area contributed by atoms with E-state index in [4.69, 9.17) is 4.74 Å². The van der Waals surface area contributed by atoms with E-state index in [1.54, 1.807) is 67.2 Å². The van der Waals surface area contributed by atoms with Crippen LogP contribution in [0.4, 0.5) is 5.69 Å². The summed E-state index contributed by atoms with van der Waals surface area (Å²) in [7, 11) is 3.19. The Morgan fingerprint density at radius 2 is 1.70 bits per heavy atom. The van der Waals surface area contributed by atoms with E-state index in [9.17, 15) is 19.5 Å². The van der Waals surface area contributed by atoms with E-state index in [1.807, 2.05) is 6.07 Å². The van der Waals surface area contributed by atoms with Gasteiger partial charge in [0.1, 0.15) is 17.2 Å². The molecule has 8 heteroatoms. The fourth-order valence-electron chi connectivity index (χ4n) is 2.92. The van der Waals surface area contributed by atoms with E-state index in [-0.39, 0.29) is 11.4 Å². The summed E-state index contributed by atoms with van der Waals surface area (Å²) in [6.45, 7) is 1.66. The Morgan fingerprint density at radius 3 is 2.30 bits per heavy atom. The number of nitrogens with one attached hydrogen (secondary N) is 1. The van der Waals surface area contributed by atoms with E-state index in [1.165, 1.54) is 11.8 Å². The van der Waals surface area contributed by atoms with Crippen LogP contribution in [0.3, 0.4) is 0 Å². The van der Waals surface area contributed by atoms with E-state index in [0.29, 0.717) is 22.7 Å². The predicted octanol–water partition coefficient (Wildman–Crippen LogP) is 2.60. The summed E-state index contributed by atoms with van der Waals surface area (Å²) in [5.41, 5.74) is 0.979. The number of rotatable bonds is 6. The number of hydrogen-bond acceptors (Lipinski definition) is 5. The van der Waals surface area contributed by atoms with Crippen LogP contribution in [-0.4, -0.2) is 33.3 Å². The van der Waals surface area contributed by atoms with Crippen LogP contribution in [0.25, 0.3) is 11.4 Å². The van der Waals surface area contributed by atoms with Gasteiger partial charge in [-0.3, -0.25) is 19.1 Å². The van der Waals surface area contributed by atoms with Crippen molar-refractivity contribution in [1.82, 2.24) is 9.36 Å². The first-order valence-electron chi connectivity index (χ1n) is 9.08. The molecule has 1 amide bonds. The molecule has 0 radical (unpaired) electrons. The molecule has 0 aliphatic carbocycles. The third-order valence-electron chi connectivity index (χ3n) is 4.67. The van der Waals surface area contributed by atoms with Crippen molar-refractivity contribution in [2.75, 3.05) is 12.4 Å². The Bertz CT molecular complexity index is 1170. The molecule has 0 unspecified atom stereocenters. The number of para-hydroxylation sites is 1. The fraction of sp³-hybridized carbons (Fsp3) is 0.136. The SMILES string of the molecule is COc1ccc(C(O)=CC(=O)C(=O)Nc2c(C)n(C)n(-c3ccccc3)c2=O)cc1. The summed E-state index contributed by atoms with van der Waals surface area (Å²) >= 11 is 0. The maximum atomic E-state index is 12.8. The molecule has 30 heavy (non-hydrogen) atoms. The molecule has 0 aliphatic heterocycles. The number of nitrogens with zero attached hydrogens (tertiary/aromatic N) is 2. The van der Waals surface area contributed by atoms with Gasteiger partial charge in [-0.05, 0) is 43.3 Å². The summed E-state index contributed by atoms with van der Waals surface area (Å²) < 4.78 is 8.01. The standard InChI is InChI=1S/C22H21N3O5/c1-14-20(22(29)25(24(14)2)16-7-5-4-6-8-16)23-21(28)19(27)13-18(26)15-9-11-17(30-3)12-10-15/h4-13,26H,1-3H3,(H,23,28). The molecule has 154 valence electrons. The second-order valence-electron chi connectivity index (χ2n) is 6.51. The zero-order valence-electron chi connectivity index (χ0n) is 16.7. The lowest BCUT2D eigenvalue weighted by molar-refractivity contribution is -0.132. The van der Waals surface area contributed by atoms with Gasteiger partial charge in [0.2, 0.25) is 5.78 Å². The number of ketones is 1. The van der Waals surface area contributed by atoms with Crippen LogP contribution in [0.5, 0.6) is 5.75 Å². The van der Waals surface area contributed by atoms with Crippen molar-refractivity contribution in [3.8, 4) is 11.4 Å². The Morgan fingerprint density at radius 1 is 1.07 bits per heavy atom. The molecule has 2 aromatic carbocycles. The molecule has 1 heterocycles. The molecular formula is C22H21N3O5. The number of benzene rings is 2. The molecule has 0 aliphatic rings. The molecule has 0 spiro atoms. The number of amides is 1. The van der Waals surface area contributed by atoms with Crippen LogP contribution < -0.4 is 15.6 Å². The van der Waals surface area contributed by atoms with Gasteiger partial charge in [0.05, 0.1) is 18.5 Å². The number of aromatic nitrogens is 2. The molecule has 0 atom stereocenters. The summed E-state index contributed by atoms with van der Waals surface area (Å²) in [6, 6.07) is 15.3. The highest BCUT2D eigenvalue weighted by Gasteiger charge is 2.21. The highest BCUT2D eigenvalue weighted by molar-refractivity contribution is 6.45. The molecule has 0 fully saturated rings. The molecule has 3 aromatic rings. The predicted molar refractivity (Wildman–Crippen MR) is 113 cm³/mol. The van der Waals surface area contributed by atoms with Gasteiger partial charge < -0.3 is 15.2 Å². The molecule has 0 saturated heterocycles. The smallest absolute Gasteiger partial charge is 0.296 e. The van der Waals surface area contributed by atoms with Gasteiger partial charge in [-0.2, -0.15) is 0 Å². The summed E-state index contributed by atoms with van der Waals surface area (Å²) in [6.07, 6.45) is 0.811. The number of carbonyl (C=O) groups excluding carboxylic acids is 2. The molecule has 3 rings (SSSR count). The monoisotopic (exact) mass is 407 g/mol. The Labute approximate surface area is 172 Å². The first kappa shape index (κ1) is 20.7. The average Bonchev–Trinajstić information content (AvgIpc) is 2.97. The van der Waals surface area contributed by atoms with Crippen molar-refractivity contribution < 1.29 is 19.4 Å². The number of aliphatic hydroxyl groups is 1. The molecular weight excluding hydrogens is 386 g/mol. The number of anilines is 1. The molecule has 0 bridgehead atoms. The number of methoxy groups -OCH3 is 1. The van der Waals surface area contributed by atoms with Gasteiger partial charge in [-0.15, -0.1) is 0 Å². The van der Waals surface area contributed by atoms with Crippen molar-refractivity contribution in [1.29, 1.82) is 0 Å². The van der Waals surface area contributed by atoms with Gasteiger partial charge in [0.15, 0.2) is 0 Å². The van der Waals surface area contributed by atoms with E-state index in [2.05, 4.69) is 5.32 Å². The van der Waals surface area contributed by atoms with E-state index < -0.39 is 17.2 Å². The number of ether oxygens (including phenoxy) is 1. The Balaban J connectivity index is 1.83. The maximum absolute atomic E-state index is 12.8. The lowest BCUT2D eigenvalue weighted by Crippen LogP contribution is -2.26. The van der Waals surface area contributed by atoms with Crippen LogP contribution in [-0.2, 0) is 16.6 Å². The van der Waals surface area contributed by atoms with Crippen molar-refractivity contribution in [3.05, 3.63) is 82.3 Å². The highest BCUT2D eigenvalue weighted by Crippen LogP contribution is 2.17. The van der Waals surface area contributed by atoms with Gasteiger partial charge in [0.25, 0.3) is 11.5 Å². The third kappa shape index (κ3) is 4.02. The van der Waals surface area contributed by atoms with Crippen molar-refractivity contribution in [2.24, 2.45) is 7.05 Å². The summed E-state index contributed by atoms with van der Waals surface area (Å²) in [5, 5.41) is 12.5. The summed E-state index contributed by atoms with van der Waals surface area (Å²) in [5.74, 6) is -1.80. The normalized spacial score (nSPS) is 11.2. The largest absolute Gasteiger partial charge is 0.507 e. The lowest BCUT2D eigenvalue weighted by atomic mass is 10.1. The van der Waals surface area contributed by atoms with Crippen LogP contribution in [0.15, 0.2) is 65.5 Å². The minimum atomic E-state index is -1.03. The van der Waals surface area contributed by atoms with Crippen molar-refractivity contribution >= 4 is 23.1 Å². The maximum Gasteiger partial charge on any atom is 0.296 e. The van der Waals surface area contributed by atoms with Crippen molar-refractivity contribution in [2.45, 2.75) is 6.92 Å². The zero-order chi connectivity index (χ0) is 21.8. The fourth-order valence-corrected chi connectivity index (χ4v) is 2.92. The number of aliphatic hydroxyl groups excluding tert-OH is 1. The van der Waals surface area contributed by atoms with Crippen LogP contribution in [0.1, 0.15) is 11.3 Å². The first-order valence-corrected chi connectivity index (χ1v) is 9.08. The zero-order valence-corrected chi connectivity index (χ0v) is 16.7. The Kier molecular flexibility index (Phi) is 5.87. The third-order valence-corrected chi connectivity index (χ3v) is 4.67. The molecule has 1 aromatic heterocycles. The van der Waals surface area contributed by atoms with E-state index in [0.717, 1.165) is 6.08 Å². The first-order chi connectivity index (χ1) is 14.3. The van der Waals surface area contributed by atoms with Crippen LogP contribution in [0.2, 0.25) is 0 Å². The lowest BCUT2D eigenvalue weighted by Gasteiger charge is -2.07. The van der Waals surface area contributed by atoms with Gasteiger partial charge in [-0.1, -0.05) is 18.2 Å². The molecule has 0 saturated carbocycles. The molecule has 2 N–H and O–H groups in total.